The fraction of sp³-hybridized carbons (Fsp3) is 0.400. The number of aromatic nitrogens is 2. The van der Waals surface area contributed by atoms with Crippen molar-refractivity contribution in [2.45, 2.75) is 20.0 Å². The molecule has 0 fully saturated rings. The Morgan fingerprint density at radius 3 is 3.00 bits per heavy atom. The number of nitrogens with one attached hydrogen (secondary N) is 1. The van der Waals surface area contributed by atoms with Crippen LogP contribution in [-0.2, 0) is 17.8 Å². The summed E-state index contributed by atoms with van der Waals surface area (Å²) in [7, 11) is 1.70. The van der Waals surface area contributed by atoms with E-state index < -0.39 is 0 Å². The average Bonchev–Trinajstić information content (AvgIpc) is 2.76. The molecule has 1 aromatic heterocycles. The summed E-state index contributed by atoms with van der Waals surface area (Å²) >= 11 is 6.03. The van der Waals surface area contributed by atoms with Gasteiger partial charge < -0.3 is 14.6 Å². The summed E-state index contributed by atoms with van der Waals surface area (Å²) in [5, 5.41) is 4.11. The number of methoxy groups -OCH3 is 1. The van der Waals surface area contributed by atoms with Crippen molar-refractivity contribution in [2.24, 2.45) is 0 Å². The van der Waals surface area contributed by atoms with Gasteiger partial charge in [-0.2, -0.15) is 0 Å². The molecule has 0 amide bonds. The molecule has 0 atom stereocenters. The number of hydrogen-bond donors (Lipinski definition) is 1. The number of halogens is 1. The highest BCUT2D eigenvalue weighted by Crippen LogP contribution is 2.14. The maximum atomic E-state index is 6.03. The van der Waals surface area contributed by atoms with Gasteiger partial charge in [0.05, 0.1) is 12.3 Å². The number of ether oxygens (including phenoxy) is 1. The standard InChI is InChI=1S/C15H20ClN3O/c1-12-18-10-15(9-17-6-7-20-2)19(12)11-13-4-3-5-14(16)8-13/h3-5,8,10,17H,6-7,9,11H2,1-2H3. The SMILES string of the molecule is COCCNCc1cnc(C)n1Cc1cccc(Cl)c1. The third kappa shape index (κ3) is 4.07. The molecule has 1 heterocycles. The van der Waals surface area contributed by atoms with Crippen molar-refractivity contribution in [2.75, 3.05) is 20.3 Å². The molecule has 4 nitrogen and oxygen atoms in total. The highest BCUT2D eigenvalue weighted by molar-refractivity contribution is 6.30. The fourth-order valence-corrected chi connectivity index (χ4v) is 2.29. The molecule has 108 valence electrons. The molecule has 0 aliphatic heterocycles. The molecule has 1 aromatic carbocycles. The van der Waals surface area contributed by atoms with E-state index in [9.17, 15) is 0 Å². The first kappa shape index (κ1) is 15.0. The van der Waals surface area contributed by atoms with Crippen LogP contribution in [0, 0.1) is 6.92 Å². The number of rotatable bonds is 7. The fourth-order valence-electron chi connectivity index (χ4n) is 2.08. The first-order valence-corrected chi connectivity index (χ1v) is 7.03. The Hall–Kier alpha value is -1.36. The molecule has 0 aliphatic carbocycles. The van der Waals surface area contributed by atoms with Crippen molar-refractivity contribution in [3.8, 4) is 0 Å². The van der Waals surface area contributed by atoms with Gasteiger partial charge in [-0.3, -0.25) is 0 Å². The van der Waals surface area contributed by atoms with Gasteiger partial charge in [0.25, 0.3) is 0 Å². The topological polar surface area (TPSA) is 39.1 Å². The van der Waals surface area contributed by atoms with Crippen LogP contribution in [0.3, 0.4) is 0 Å². The van der Waals surface area contributed by atoms with Gasteiger partial charge in [-0.25, -0.2) is 4.98 Å². The Morgan fingerprint density at radius 2 is 2.25 bits per heavy atom. The second-order valence-electron chi connectivity index (χ2n) is 4.68. The van der Waals surface area contributed by atoms with Crippen LogP contribution in [0.25, 0.3) is 0 Å². The number of nitrogens with zero attached hydrogens (tertiary/aromatic N) is 2. The van der Waals surface area contributed by atoms with Gasteiger partial charge >= 0.3 is 0 Å². The van der Waals surface area contributed by atoms with Gasteiger partial charge in [0.15, 0.2) is 0 Å². The van der Waals surface area contributed by atoms with Crippen molar-refractivity contribution in [1.29, 1.82) is 0 Å². The zero-order valence-electron chi connectivity index (χ0n) is 11.9. The quantitative estimate of drug-likeness (QED) is 0.798. The van der Waals surface area contributed by atoms with Crippen LogP contribution in [0.2, 0.25) is 5.02 Å². The lowest BCUT2D eigenvalue weighted by molar-refractivity contribution is 0.199. The molecule has 2 rings (SSSR count). The van der Waals surface area contributed by atoms with Gasteiger partial charge in [0.2, 0.25) is 0 Å². The molecule has 0 unspecified atom stereocenters. The normalized spacial score (nSPS) is 10.9. The Kier molecular flexibility index (Phi) is 5.59. The molecule has 5 heteroatoms. The van der Waals surface area contributed by atoms with E-state index in [0.29, 0.717) is 6.61 Å². The van der Waals surface area contributed by atoms with E-state index in [2.05, 4.69) is 20.9 Å². The summed E-state index contributed by atoms with van der Waals surface area (Å²) in [4.78, 5) is 4.39. The Labute approximate surface area is 124 Å². The molecule has 2 aromatic rings. The van der Waals surface area contributed by atoms with Gasteiger partial charge in [0.1, 0.15) is 5.82 Å². The molecule has 0 radical (unpaired) electrons. The van der Waals surface area contributed by atoms with Crippen molar-refractivity contribution < 1.29 is 4.74 Å². The Morgan fingerprint density at radius 1 is 1.40 bits per heavy atom. The van der Waals surface area contributed by atoms with Crippen LogP contribution >= 0.6 is 11.6 Å². The van der Waals surface area contributed by atoms with E-state index in [0.717, 1.165) is 30.5 Å². The molecule has 0 bridgehead atoms. The maximum Gasteiger partial charge on any atom is 0.106 e. The minimum absolute atomic E-state index is 0.710. The van der Waals surface area contributed by atoms with E-state index in [-0.39, 0.29) is 0 Å². The molecule has 20 heavy (non-hydrogen) atoms. The van der Waals surface area contributed by atoms with Gasteiger partial charge in [-0.1, -0.05) is 23.7 Å². The number of hydrogen-bond acceptors (Lipinski definition) is 3. The molecule has 0 spiro atoms. The van der Waals surface area contributed by atoms with Crippen molar-refractivity contribution in [1.82, 2.24) is 14.9 Å². The van der Waals surface area contributed by atoms with Gasteiger partial charge in [-0.15, -0.1) is 0 Å². The van der Waals surface area contributed by atoms with Crippen LogP contribution in [0.1, 0.15) is 17.1 Å². The minimum atomic E-state index is 0.710. The number of benzene rings is 1. The van der Waals surface area contributed by atoms with E-state index in [1.165, 1.54) is 11.3 Å². The zero-order chi connectivity index (χ0) is 14.4. The largest absolute Gasteiger partial charge is 0.383 e. The number of imidazole rings is 1. The summed E-state index contributed by atoms with van der Waals surface area (Å²) in [6, 6.07) is 7.93. The summed E-state index contributed by atoms with van der Waals surface area (Å²) < 4.78 is 7.22. The van der Waals surface area contributed by atoms with Crippen molar-refractivity contribution in [3.05, 3.63) is 52.6 Å². The Balaban J connectivity index is 2.05. The smallest absolute Gasteiger partial charge is 0.106 e. The minimum Gasteiger partial charge on any atom is -0.383 e. The maximum absolute atomic E-state index is 6.03. The predicted octanol–water partition coefficient (Wildman–Crippen LogP) is 2.63. The highest BCUT2D eigenvalue weighted by atomic mass is 35.5. The van der Waals surface area contributed by atoms with Crippen LogP contribution in [0.15, 0.2) is 30.5 Å². The second-order valence-corrected chi connectivity index (χ2v) is 5.12. The summed E-state index contributed by atoms with van der Waals surface area (Å²) in [5.74, 6) is 1.01. The van der Waals surface area contributed by atoms with E-state index >= 15 is 0 Å². The highest BCUT2D eigenvalue weighted by Gasteiger charge is 2.07. The summed E-state index contributed by atoms with van der Waals surface area (Å²) in [6.45, 7) is 5.13. The lowest BCUT2D eigenvalue weighted by Crippen LogP contribution is -2.21. The third-order valence-electron chi connectivity index (χ3n) is 3.16. The molecular formula is C15H20ClN3O. The zero-order valence-corrected chi connectivity index (χ0v) is 12.7. The summed E-state index contributed by atoms with van der Waals surface area (Å²) in [6.07, 6.45) is 1.92. The first-order chi connectivity index (χ1) is 9.70. The van der Waals surface area contributed by atoms with E-state index in [1.54, 1.807) is 7.11 Å². The average molecular weight is 294 g/mol. The van der Waals surface area contributed by atoms with E-state index in [1.807, 2.05) is 31.3 Å². The number of aryl methyl sites for hydroxylation is 1. The van der Waals surface area contributed by atoms with Crippen LogP contribution in [-0.4, -0.2) is 29.8 Å². The lowest BCUT2D eigenvalue weighted by Gasteiger charge is -2.11. The van der Waals surface area contributed by atoms with Gasteiger partial charge in [0, 0.05) is 38.0 Å². The lowest BCUT2D eigenvalue weighted by atomic mass is 10.2. The molecular weight excluding hydrogens is 274 g/mol. The molecule has 0 saturated heterocycles. The third-order valence-corrected chi connectivity index (χ3v) is 3.39. The predicted molar refractivity (Wildman–Crippen MR) is 81.1 cm³/mol. The van der Waals surface area contributed by atoms with Crippen LogP contribution in [0.4, 0.5) is 0 Å². The monoisotopic (exact) mass is 293 g/mol. The molecule has 0 saturated carbocycles. The van der Waals surface area contributed by atoms with Gasteiger partial charge in [-0.05, 0) is 24.6 Å². The van der Waals surface area contributed by atoms with Crippen LogP contribution < -0.4 is 5.32 Å². The van der Waals surface area contributed by atoms with E-state index in [4.69, 9.17) is 16.3 Å². The second kappa shape index (κ2) is 7.43. The first-order valence-electron chi connectivity index (χ1n) is 6.66. The molecule has 1 N–H and O–H groups in total. The van der Waals surface area contributed by atoms with Crippen molar-refractivity contribution >= 4 is 11.6 Å². The summed E-state index contributed by atoms with van der Waals surface area (Å²) in [5.41, 5.74) is 2.34. The van der Waals surface area contributed by atoms with Crippen molar-refractivity contribution in [3.63, 3.8) is 0 Å². The Bertz CT molecular complexity index is 554. The van der Waals surface area contributed by atoms with Crippen LogP contribution in [0.5, 0.6) is 0 Å². The molecule has 0 aliphatic rings.